The van der Waals surface area contributed by atoms with Gasteiger partial charge in [0.05, 0.1) is 11.6 Å². The lowest BCUT2D eigenvalue weighted by atomic mass is 10.1. The number of aryl methyl sites for hydroxylation is 1. The van der Waals surface area contributed by atoms with Gasteiger partial charge in [-0.2, -0.15) is 5.26 Å². The number of nitrogens with one attached hydrogen (secondary N) is 1. The molecule has 0 aliphatic carbocycles. The normalized spacial score (nSPS) is 16.6. The second kappa shape index (κ2) is 6.65. The standard InChI is InChI=1S/C19H18N4O2/c1-12-2-5-14(18(21)24)10-17(12)22-16-8-9-23(19(16)25)15-6-3-13(11-20)4-7-15/h2-7,10,16,22H,8-9H2,1H3,(H2,21,24)/t16-/m0/s1. The van der Waals surface area contributed by atoms with Gasteiger partial charge in [-0.25, -0.2) is 0 Å². The summed E-state index contributed by atoms with van der Waals surface area (Å²) in [5.74, 6) is -0.534. The Labute approximate surface area is 145 Å². The van der Waals surface area contributed by atoms with E-state index in [-0.39, 0.29) is 11.9 Å². The van der Waals surface area contributed by atoms with E-state index in [4.69, 9.17) is 11.0 Å². The van der Waals surface area contributed by atoms with Crippen LogP contribution in [-0.2, 0) is 4.79 Å². The van der Waals surface area contributed by atoms with Gasteiger partial charge in [-0.1, -0.05) is 6.07 Å². The minimum atomic E-state index is -0.500. The lowest BCUT2D eigenvalue weighted by molar-refractivity contribution is -0.117. The third-order valence-corrected chi connectivity index (χ3v) is 4.37. The van der Waals surface area contributed by atoms with Crippen LogP contribution in [0.1, 0.15) is 27.9 Å². The largest absolute Gasteiger partial charge is 0.373 e. The maximum atomic E-state index is 12.7. The highest BCUT2D eigenvalue weighted by molar-refractivity contribution is 6.01. The summed E-state index contributed by atoms with van der Waals surface area (Å²) < 4.78 is 0. The first-order valence-corrected chi connectivity index (χ1v) is 7.98. The third-order valence-electron chi connectivity index (χ3n) is 4.37. The molecule has 6 nitrogen and oxygen atoms in total. The molecule has 0 spiro atoms. The SMILES string of the molecule is Cc1ccc(C(N)=O)cc1N[C@H]1CCN(c2ccc(C#N)cc2)C1=O. The molecule has 1 saturated heterocycles. The molecule has 1 aliphatic rings. The highest BCUT2D eigenvalue weighted by Gasteiger charge is 2.32. The van der Waals surface area contributed by atoms with Crippen molar-refractivity contribution in [3.63, 3.8) is 0 Å². The van der Waals surface area contributed by atoms with Crippen molar-refractivity contribution in [2.24, 2.45) is 5.73 Å². The Balaban J connectivity index is 1.77. The van der Waals surface area contributed by atoms with Gasteiger partial charge in [-0.05, 0) is 55.3 Å². The minimum Gasteiger partial charge on any atom is -0.373 e. The summed E-state index contributed by atoms with van der Waals surface area (Å²) in [4.78, 5) is 25.8. The molecule has 6 heteroatoms. The van der Waals surface area contributed by atoms with E-state index in [1.807, 2.05) is 6.92 Å². The van der Waals surface area contributed by atoms with Crippen LogP contribution < -0.4 is 16.0 Å². The van der Waals surface area contributed by atoms with E-state index in [1.165, 1.54) is 0 Å². The number of anilines is 2. The zero-order valence-electron chi connectivity index (χ0n) is 13.8. The molecular weight excluding hydrogens is 316 g/mol. The number of primary amides is 1. The number of carbonyl (C=O) groups is 2. The topological polar surface area (TPSA) is 99.2 Å². The van der Waals surface area contributed by atoms with E-state index >= 15 is 0 Å². The van der Waals surface area contributed by atoms with Crippen LogP contribution in [0.15, 0.2) is 42.5 Å². The number of hydrogen-bond donors (Lipinski definition) is 2. The van der Waals surface area contributed by atoms with Crippen molar-refractivity contribution >= 4 is 23.2 Å². The van der Waals surface area contributed by atoms with Gasteiger partial charge in [0, 0.05) is 23.5 Å². The zero-order chi connectivity index (χ0) is 18.0. The Morgan fingerprint density at radius 1 is 1.28 bits per heavy atom. The summed E-state index contributed by atoms with van der Waals surface area (Å²) in [6, 6.07) is 13.8. The summed E-state index contributed by atoms with van der Waals surface area (Å²) in [6.45, 7) is 2.50. The molecule has 0 unspecified atom stereocenters. The van der Waals surface area contributed by atoms with Crippen LogP contribution in [-0.4, -0.2) is 24.4 Å². The fraction of sp³-hybridized carbons (Fsp3) is 0.211. The average molecular weight is 334 g/mol. The molecule has 126 valence electrons. The second-order valence-corrected chi connectivity index (χ2v) is 6.03. The van der Waals surface area contributed by atoms with Gasteiger partial charge in [0.2, 0.25) is 11.8 Å². The van der Waals surface area contributed by atoms with Gasteiger partial charge in [0.1, 0.15) is 6.04 Å². The molecule has 0 aromatic heterocycles. The zero-order valence-corrected chi connectivity index (χ0v) is 13.8. The molecule has 0 saturated carbocycles. The monoisotopic (exact) mass is 334 g/mol. The molecule has 2 amide bonds. The summed E-state index contributed by atoms with van der Waals surface area (Å²) in [5, 5.41) is 12.1. The van der Waals surface area contributed by atoms with E-state index in [9.17, 15) is 9.59 Å². The molecule has 1 fully saturated rings. The minimum absolute atomic E-state index is 0.0337. The molecule has 3 N–H and O–H groups in total. The van der Waals surface area contributed by atoms with Crippen molar-refractivity contribution in [2.45, 2.75) is 19.4 Å². The van der Waals surface area contributed by atoms with Gasteiger partial charge in [0.15, 0.2) is 0 Å². The van der Waals surface area contributed by atoms with Crippen molar-refractivity contribution in [3.8, 4) is 6.07 Å². The highest BCUT2D eigenvalue weighted by Crippen LogP contribution is 2.25. The van der Waals surface area contributed by atoms with E-state index in [0.29, 0.717) is 24.1 Å². The summed E-state index contributed by atoms with van der Waals surface area (Å²) in [5.41, 5.74) is 8.74. The molecule has 3 rings (SSSR count). The fourth-order valence-corrected chi connectivity index (χ4v) is 2.90. The first-order valence-electron chi connectivity index (χ1n) is 7.98. The molecule has 1 heterocycles. The van der Waals surface area contributed by atoms with Crippen molar-refractivity contribution in [1.82, 2.24) is 0 Å². The molecule has 1 atom stereocenters. The maximum Gasteiger partial charge on any atom is 0.249 e. The van der Waals surface area contributed by atoms with Gasteiger partial charge in [-0.15, -0.1) is 0 Å². The van der Waals surface area contributed by atoms with Crippen molar-refractivity contribution < 1.29 is 9.59 Å². The highest BCUT2D eigenvalue weighted by atomic mass is 16.2. The van der Waals surface area contributed by atoms with Gasteiger partial charge < -0.3 is 16.0 Å². The Bertz CT molecular complexity index is 868. The summed E-state index contributed by atoms with van der Waals surface area (Å²) >= 11 is 0. The smallest absolute Gasteiger partial charge is 0.249 e. The number of amides is 2. The van der Waals surface area contributed by atoms with Crippen molar-refractivity contribution in [2.75, 3.05) is 16.8 Å². The first-order chi connectivity index (χ1) is 12.0. The summed E-state index contributed by atoms with van der Waals surface area (Å²) in [6.07, 6.45) is 0.652. The maximum absolute atomic E-state index is 12.7. The molecule has 1 aliphatic heterocycles. The number of rotatable bonds is 4. The van der Waals surface area contributed by atoms with Crippen LogP contribution in [0.5, 0.6) is 0 Å². The Kier molecular flexibility index (Phi) is 4.40. The lowest BCUT2D eigenvalue weighted by Gasteiger charge is -2.19. The third kappa shape index (κ3) is 3.31. The number of carbonyl (C=O) groups excluding carboxylic acids is 2. The number of benzene rings is 2. The van der Waals surface area contributed by atoms with Crippen LogP contribution in [0.2, 0.25) is 0 Å². The van der Waals surface area contributed by atoms with Gasteiger partial charge in [-0.3, -0.25) is 9.59 Å². The van der Waals surface area contributed by atoms with E-state index in [0.717, 1.165) is 16.9 Å². The van der Waals surface area contributed by atoms with E-state index in [2.05, 4.69) is 11.4 Å². The second-order valence-electron chi connectivity index (χ2n) is 6.03. The average Bonchev–Trinajstić information content (AvgIpc) is 2.97. The molecule has 2 aromatic rings. The Hall–Kier alpha value is -3.33. The van der Waals surface area contributed by atoms with Crippen LogP contribution in [0.4, 0.5) is 11.4 Å². The predicted octanol–water partition coefficient (Wildman–Crippen LogP) is 2.18. The molecule has 25 heavy (non-hydrogen) atoms. The Morgan fingerprint density at radius 2 is 2.00 bits per heavy atom. The quantitative estimate of drug-likeness (QED) is 0.895. The summed E-state index contributed by atoms with van der Waals surface area (Å²) in [7, 11) is 0. The lowest BCUT2D eigenvalue weighted by Crippen LogP contribution is -2.33. The van der Waals surface area contributed by atoms with E-state index < -0.39 is 5.91 Å². The number of hydrogen-bond acceptors (Lipinski definition) is 4. The van der Waals surface area contributed by atoms with E-state index in [1.54, 1.807) is 47.4 Å². The number of nitriles is 1. The molecule has 0 bridgehead atoms. The van der Waals surface area contributed by atoms with Crippen LogP contribution >= 0.6 is 0 Å². The fourth-order valence-electron chi connectivity index (χ4n) is 2.90. The first kappa shape index (κ1) is 16.5. The van der Waals surface area contributed by atoms with Gasteiger partial charge >= 0.3 is 0 Å². The molecule has 0 radical (unpaired) electrons. The number of nitrogens with two attached hydrogens (primary N) is 1. The Morgan fingerprint density at radius 3 is 2.64 bits per heavy atom. The molecule has 2 aromatic carbocycles. The van der Waals surface area contributed by atoms with Crippen molar-refractivity contribution in [3.05, 3.63) is 59.2 Å². The predicted molar refractivity (Wildman–Crippen MR) is 95.2 cm³/mol. The van der Waals surface area contributed by atoms with Crippen LogP contribution in [0.3, 0.4) is 0 Å². The van der Waals surface area contributed by atoms with Crippen LogP contribution in [0.25, 0.3) is 0 Å². The van der Waals surface area contributed by atoms with Crippen molar-refractivity contribution in [1.29, 1.82) is 5.26 Å². The van der Waals surface area contributed by atoms with Gasteiger partial charge in [0.25, 0.3) is 0 Å². The number of nitrogens with zero attached hydrogens (tertiary/aromatic N) is 2. The van der Waals surface area contributed by atoms with Crippen LogP contribution in [0, 0.1) is 18.3 Å². The molecular formula is C19H18N4O2.